The van der Waals surface area contributed by atoms with E-state index in [2.05, 4.69) is 20.9 Å². The SMILES string of the molecule is O=c1c2ccc(Br)cc2ncn1Cc1ccccc1Cl. The number of aromatic nitrogens is 2. The molecule has 0 amide bonds. The molecule has 3 rings (SSSR count). The minimum atomic E-state index is -0.0672. The minimum Gasteiger partial charge on any atom is -0.294 e. The Morgan fingerprint density at radius 1 is 1.20 bits per heavy atom. The van der Waals surface area contributed by atoms with E-state index in [4.69, 9.17) is 11.6 Å². The Balaban J connectivity index is 2.09. The predicted octanol–water partition coefficient (Wildman–Crippen LogP) is 3.86. The summed E-state index contributed by atoms with van der Waals surface area (Å²) in [4.78, 5) is 16.7. The first kappa shape index (κ1) is 13.3. The van der Waals surface area contributed by atoms with Gasteiger partial charge in [0.1, 0.15) is 0 Å². The van der Waals surface area contributed by atoms with Crippen LogP contribution in [0.3, 0.4) is 0 Å². The molecule has 0 unspecified atom stereocenters. The summed E-state index contributed by atoms with van der Waals surface area (Å²) in [5.41, 5.74) is 1.51. The first-order valence-corrected chi connectivity index (χ1v) is 7.20. The Hall–Kier alpha value is -1.65. The molecule has 2 aromatic carbocycles. The number of rotatable bonds is 2. The van der Waals surface area contributed by atoms with Crippen molar-refractivity contribution in [3.63, 3.8) is 0 Å². The van der Waals surface area contributed by atoms with E-state index in [1.807, 2.05) is 36.4 Å². The molecule has 1 aromatic heterocycles. The Kier molecular flexibility index (Phi) is 3.59. The molecule has 0 saturated heterocycles. The molecule has 0 radical (unpaired) electrons. The Bertz CT molecular complexity index is 845. The molecule has 0 fully saturated rings. The van der Waals surface area contributed by atoms with Gasteiger partial charge in [0, 0.05) is 9.50 Å². The molecule has 1 heterocycles. The van der Waals surface area contributed by atoms with Gasteiger partial charge in [-0.3, -0.25) is 9.36 Å². The van der Waals surface area contributed by atoms with Crippen LogP contribution in [0, 0.1) is 0 Å². The molecule has 0 N–H and O–H groups in total. The summed E-state index contributed by atoms with van der Waals surface area (Å²) in [5, 5.41) is 1.25. The third kappa shape index (κ3) is 2.49. The lowest BCUT2D eigenvalue weighted by Crippen LogP contribution is -2.21. The summed E-state index contributed by atoms with van der Waals surface area (Å²) in [6.45, 7) is 0.414. The third-order valence-electron chi connectivity index (χ3n) is 3.09. The van der Waals surface area contributed by atoms with Gasteiger partial charge >= 0.3 is 0 Å². The predicted molar refractivity (Wildman–Crippen MR) is 84.3 cm³/mol. The lowest BCUT2D eigenvalue weighted by atomic mass is 10.2. The summed E-state index contributed by atoms with van der Waals surface area (Å²) in [6, 6.07) is 12.9. The van der Waals surface area contributed by atoms with E-state index < -0.39 is 0 Å². The molecule has 20 heavy (non-hydrogen) atoms. The van der Waals surface area contributed by atoms with Crippen molar-refractivity contribution >= 4 is 38.4 Å². The van der Waals surface area contributed by atoms with Crippen LogP contribution in [-0.2, 0) is 6.54 Å². The summed E-state index contributed by atoms with van der Waals surface area (Å²) in [7, 11) is 0. The molecule has 5 heteroatoms. The van der Waals surface area contributed by atoms with Gasteiger partial charge in [0.25, 0.3) is 5.56 Å². The Labute approximate surface area is 129 Å². The van der Waals surface area contributed by atoms with E-state index in [1.165, 1.54) is 0 Å². The van der Waals surface area contributed by atoms with E-state index in [0.29, 0.717) is 22.5 Å². The molecule has 0 aliphatic heterocycles. The molecule has 0 atom stereocenters. The highest BCUT2D eigenvalue weighted by Crippen LogP contribution is 2.17. The van der Waals surface area contributed by atoms with Crippen molar-refractivity contribution in [2.24, 2.45) is 0 Å². The van der Waals surface area contributed by atoms with Crippen LogP contribution < -0.4 is 5.56 Å². The van der Waals surface area contributed by atoms with Crippen LogP contribution in [0.1, 0.15) is 5.56 Å². The molecule has 3 nitrogen and oxygen atoms in total. The van der Waals surface area contributed by atoms with Gasteiger partial charge in [0.15, 0.2) is 0 Å². The van der Waals surface area contributed by atoms with Crippen LogP contribution in [0.5, 0.6) is 0 Å². The summed E-state index contributed by atoms with van der Waals surface area (Å²) in [5.74, 6) is 0. The van der Waals surface area contributed by atoms with Crippen molar-refractivity contribution in [2.45, 2.75) is 6.54 Å². The first-order valence-electron chi connectivity index (χ1n) is 6.03. The number of nitrogens with zero attached hydrogens (tertiary/aromatic N) is 2. The molecular formula is C15H10BrClN2O. The highest BCUT2D eigenvalue weighted by Gasteiger charge is 2.06. The molecular weight excluding hydrogens is 340 g/mol. The van der Waals surface area contributed by atoms with Crippen LogP contribution in [-0.4, -0.2) is 9.55 Å². The van der Waals surface area contributed by atoms with E-state index in [9.17, 15) is 4.79 Å². The van der Waals surface area contributed by atoms with E-state index in [0.717, 1.165) is 10.0 Å². The second-order valence-corrected chi connectivity index (χ2v) is 5.75. The van der Waals surface area contributed by atoms with Crippen molar-refractivity contribution in [3.8, 4) is 0 Å². The average Bonchev–Trinajstić information content (AvgIpc) is 2.44. The highest BCUT2D eigenvalue weighted by atomic mass is 79.9. The third-order valence-corrected chi connectivity index (χ3v) is 3.95. The number of benzene rings is 2. The van der Waals surface area contributed by atoms with E-state index >= 15 is 0 Å². The van der Waals surface area contributed by atoms with Gasteiger partial charge in [-0.05, 0) is 29.8 Å². The molecule has 3 aromatic rings. The maximum absolute atomic E-state index is 12.4. The molecule has 0 aliphatic rings. The fraction of sp³-hybridized carbons (Fsp3) is 0.0667. The van der Waals surface area contributed by atoms with E-state index in [1.54, 1.807) is 17.0 Å². The van der Waals surface area contributed by atoms with Crippen LogP contribution in [0.15, 0.2) is 58.1 Å². The van der Waals surface area contributed by atoms with Crippen molar-refractivity contribution in [2.75, 3.05) is 0 Å². The molecule has 100 valence electrons. The normalized spacial score (nSPS) is 10.9. The number of hydrogen-bond donors (Lipinski definition) is 0. The van der Waals surface area contributed by atoms with Crippen molar-refractivity contribution in [3.05, 3.63) is 74.2 Å². The van der Waals surface area contributed by atoms with Crippen molar-refractivity contribution in [1.82, 2.24) is 9.55 Å². The fourth-order valence-electron chi connectivity index (χ4n) is 2.05. The number of halogens is 2. The van der Waals surface area contributed by atoms with Gasteiger partial charge < -0.3 is 0 Å². The van der Waals surface area contributed by atoms with Crippen LogP contribution in [0.4, 0.5) is 0 Å². The quantitative estimate of drug-likeness (QED) is 0.704. The van der Waals surface area contributed by atoms with Gasteiger partial charge in [0.05, 0.1) is 23.8 Å². The second kappa shape index (κ2) is 5.38. The lowest BCUT2D eigenvalue weighted by molar-refractivity contribution is 0.748. The van der Waals surface area contributed by atoms with Gasteiger partial charge in [-0.25, -0.2) is 4.98 Å². The minimum absolute atomic E-state index is 0.0672. The molecule has 0 bridgehead atoms. The zero-order chi connectivity index (χ0) is 14.1. The van der Waals surface area contributed by atoms with Gasteiger partial charge in [-0.15, -0.1) is 0 Å². The van der Waals surface area contributed by atoms with Crippen LogP contribution >= 0.6 is 27.5 Å². The standard InChI is InChI=1S/C15H10BrClN2O/c16-11-5-6-12-14(7-11)18-9-19(15(12)20)8-10-3-1-2-4-13(10)17/h1-7,9H,8H2. The van der Waals surface area contributed by atoms with Gasteiger partial charge in [-0.1, -0.05) is 45.7 Å². The van der Waals surface area contributed by atoms with Crippen molar-refractivity contribution in [1.29, 1.82) is 0 Å². The first-order chi connectivity index (χ1) is 9.65. The fourth-order valence-corrected chi connectivity index (χ4v) is 2.60. The second-order valence-electron chi connectivity index (χ2n) is 4.43. The average molecular weight is 350 g/mol. The number of hydrogen-bond acceptors (Lipinski definition) is 2. The molecule has 0 spiro atoms. The van der Waals surface area contributed by atoms with Gasteiger partial charge in [-0.2, -0.15) is 0 Å². The smallest absolute Gasteiger partial charge is 0.261 e. The topological polar surface area (TPSA) is 34.9 Å². The number of fused-ring (bicyclic) bond motifs is 1. The maximum atomic E-state index is 12.4. The monoisotopic (exact) mass is 348 g/mol. The summed E-state index contributed by atoms with van der Waals surface area (Å²) in [6.07, 6.45) is 1.56. The maximum Gasteiger partial charge on any atom is 0.261 e. The zero-order valence-electron chi connectivity index (χ0n) is 10.4. The van der Waals surface area contributed by atoms with Gasteiger partial charge in [0.2, 0.25) is 0 Å². The molecule has 0 aliphatic carbocycles. The lowest BCUT2D eigenvalue weighted by Gasteiger charge is -2.08. The van der Waals surface area contributed by atoms with Crippen molar-refractivity contribution < 1.29 is 0 Å². The Morgan fingerprint density at radius 2 is 2.00 bits per heavy atom. The highest BCUT2D eigenvalue weighted by molar-refractivity contribution is 9.10. The van der Waals surface area contributed by atoms with Crippen LogP contribution in [0.25, 0.3) is 10.9 Å². The van der Waals surface area contributed by atoms with E-state index in [-0.39, 0.29) is 5.56 Å². The van der Waals surface area contributed by atoms with Crippen LogP contribution in [0.2, 0.25) is 5.02 Å². The summed E-state index contributed by atoms with van der Waals surface area (Å²) >= 11 is 9.50. The largest absolute Gasteiger partial charge is 0.294 e. The zero-order valence-corrected chi connectivity index (χ0v) is 12.7. The Morgan fingerprint density at radius 3 is 2.80 bits per heavy atom. The molecule has 0 saturated carbocycles. The summed E-state index contributed by atoms with van der Waals surface area (Å²) < 4.78 is 2.47.